The lowest BCUT2D eigenvalue weighted by atomic mass is 10.1. The molecule has 1 saturated heterocycles. The zero-order valence-corrected chi connectivity index (χ0v) is 6.97. The Balaban J connectivity index is 0.000000500. The van der Waals surface area contributed by atoms with Crippen LogP contribution >= 0.6 is 12.4 Å². The summed E-state index contributed by atoms with van der Waals surface area (Å²) >= 11 is 0. The highest BCUT2D eigenvalue weighted by Gasteiger charge is 2.18. The fourth-order valence-corrected chi connectivity index (χ4v) is 1.50. The molecule has 0 bridgehead atoms. The second kappa shape index (κ2) is 3.40. The van der Waals surface area contributed by atoms with Crippen LogP contribution in [-0.4, -0.2) is 13.1 Å². The van der Waals surface area contributed by atoms with Crippen molar-refractivity contribution in [1.29, 1.82) is 0 Å². The van der Waals surface area contributed by atoms with E-state index in [2.05, 4.69) is 5.32 Å². The van der Waals surface area contributed by atoms with E-state index in [1.54, 1.807) is 11.1 Å². The first-order chi connectivity index (χ1) is 4.47. The maximum atomic E-state index is 3.36. The Labute approximate surface area is 68.3 Å². The van der Waals surface area contributed by atoms with Crippen LogP contribution in [0.3, 0.4) is 0 Å². The van der Waals surface area contributed by atoms with Gasteiger partial charge in [0.25, 0.3) is 0 Å². The first-order valence-corrected chi connectivity index (χ1v) is 3.87. The van der Waals surface area contributed by atoms with Crippen LogP contribution in [0.2, 0.25) is 0 Å². The average molecular weight is 160 g/mol. The fourth-order valence-electron chi connectivity index (χ4n) is 1.50. The van der Waals surface area contributed by atoms with Crippen LogP contribution in [0.1, 0.15) is 25.7 Å². The van der Waals surface area contributed by atoms with Crippen molar-refractivity contribution in [3.05, 3.63) is 11.1 Å². The van der Waals surface area contributed by atoms with Gasteiger partial charge < -0.3 is 5.32 Å². The third-order valence-electron chi connectivity index (χ3n) is 2.21. The second-order valence-electron chi connectivity index (χ2n) is 2.96. The van der Waals surface area contributed by atoms with Gasteiger partial charge in [-0.05, 0) is 38.8 Å². The van der Waals surface area contributed by atoms with Gasteiger partial charge in [-0.25, -0.2) is 0 Å². The minimum atomic E-state index is 0. The Hall–Kier alpha value is -0.0100. The SMILES string of the molecule is C1CC(=C2CC2)CCN1.Cl. The highest BCUT2D eigenvalue weighted by Crippen LogP contribution is 2.34. The molecule has 0 spiro atoms. The van der Waals surface area contributed by atoms with Gasteiger partial charge in [0.15, 0.2) is 0 Å². The summed E-state index contributed by atoms with van der Waals surface area (Å²) in [5, 5.41) is 3.36. The molecule has 0 amide bonds. The molecular weight excluding hydrogens is 146 g/mol. The number of hydrogen-bond donors (Lipinski definition) is 1. The number of hydrogen-bond acceptors (Lipinski definition) is 1. The summed E-state index contributed by atoms with van der Waals surface area (Å²) in [6.45, 7) is 2.44. The van der Waals surface area contributed by atoms with E-state index in [0.29, 0.717) is 0 Å². The van der Waals surface area contributed by atoms with E-state index < -0.39 is 0 Å². The van der Waals surface area contributed by atoms with E-state index in [9.17, 15) is 0 Å². The molecule has 0 radical (unpaired) electrons. The zero-order valence-electron chi connectivity index (χ0n) is 6.15. The molecule has 1 saturated carbocycles. The van der Waals surface area contributed by atoms with Crippen LogP contribution in [0.15, 0.2) is 11.1 Å². The second-order valence-corrected chi connectivity index (χ2v) is 2.96. The molecule has 10 heavy (non-hydrogen) atoms. The first kappa shape index (κ1) is 8.09. The topological polar surface area (TPSA) is 12.0 Å². The number of rotatable bonds is 0. The van der Waals surface area contributed by atoms with E-state index >= 15 is 0 Å². The van der Waals surface area contributed by atoms with Crippen molar-refractivity contribution in [3.8, 4) is 0 Å². The van der Waals surface area contributed by atoms with E-state index in [1.165, 1.54) is 38.8 Å². The number of nitrogens with one attached hydrogen (secondary N) is 1. The van der Waals surface area contributed by atoms with Crippen LogP contribution in [0.5, 0.6) is 0 Å². The predicted octanol–water partition coefficient (Wildman–Crippen LogP) is 1.88. The molecule has 2 rings (SSSR count). The predicted molar refractivity (Wildman–Crippen MR) is 45.6 cm³/mol. The minimum Gasteiger partial charge on any atom is -0.316 e. The Morgan fingerprint density at radius 1 is 0.800 bits per heavy atom. The Kier molecular flexibility index (Phi) is 2.75. The maximum Gasteiger partial charge on any atom is -0.00114 e. The van der Waals surface area contributed by atoms with Crippen LogP contribution in [0.4, 0.5) is 0 Å². The third kappa shape index (κ3) is 1.74. The van der Waals surface area contributed by atoms with Crippen LogP contribution in [-0.2, 0) is 0 Å². The van der Waals surface area contributed by atoms with Crippen molar-refractivity contribution in [1.82, 2.24) is 5.32 Å². The highest BCUT2D eigenvalue weighted by atomic mass is 35.5. The van der Waals surface area contributed by atoms with Gasteiger partial charge in [-0.15, -0.1) is 12.4 Å². The Morgan fingerprint density at radius 3 is 1.80 bits per heavy atom. The van der Waals surface area contributed by atoms with Gasteiger partial charge in [-0.2, -0.15) is 0 Å². The standard InChI is InChI=1S/C8H13N.ClH/c1-2-7(1)8-3-5-9-6-4-8;/h9H,1-6H2;1H. The van der Waals surface area contributed by atoms with Crippen molar-refractivity contribution in [2.45, 2.75) is 25.7 Å². The van der Waals surface area contributed by atoms with Crippen LogP contribution < -0.4 is 5.32 Å². The summed E-state index contributed by atoms with van der Waals surface area (Å²) in [4.78, 5) is 0. The lowest BCUT2D eigenvalue weighted by molar-refractivity contribution is 0.608. The van der Waals surface area contributed by atoms with Crippen LogP contribution in [0.25, 0.3) is 0 Å². The quantitative estimate of drug-likeness (QED) is 0.533. The summed E-state index contributed by atoms with van der Waals surface area (Å²) in [6, 6.07) is 0. The van der Waals surface area contributed by atoms with Gasteiger partial charge in [0.2, 0.25) is 0 Å². The first-order valence-electron chi connectivity index (χ1n) is 3.87. The molecule has 0 aromatic carbocycles. The summed E-state index contributed by atoms with van der Waals surface area (Å²) in [5.41, 5.74) is 3.55. The zero-order chi connectivity index (χ0) is 6.10. The van der Waals surface area contributed by atoms with Gasteiger partial charge in [0, 0.05) is 0 Å². The molecule has 1 aliphatic carbocycles. The molecule has 0 aromatic heterocycles. The molecule has 58 valence electrons. The molecule has 2 fully saturated rings. The summed E-state index contributed by atoms with van der Waals surface area (Å²) in [5.74, 6) is 0. The summed E-state index contributed by atoms with van der Waals surface area (Å²) in [7, 11) is 0. The summed E-state index contributed by atoms with van der Waals surface area (Å²) in [6.07, 6.45) is 5.48. The Morgan fingerprint density at radius 2 is 1.30 bits per heavy atom. The minimum absolute atomic E-state index is 0. The lowest BCUT2D eigenvalue weighted by Crippen LogP contribution is -2.23. The maximum absolute atomic E-state index is 3.36. The molecule has 0 atom stereocenters. The van der Waals surface area contributed by atoms with E-state index in [0.717, 1.165) is 0 Å². The molecule has 0 unspecified atom stereocenters. The van der Waals surface area contributed by atoms with Crippen molar-refractivity contribution >= 4 is 12.4 Å². The molecular formula is C8H14ClN. The van der Waals surface area contributed by atoms with Crippen molar-refractivity contribution in [2.75, 3.05) is 13.1 Å². The molecule has 2 aliphatic rings. The van der Waals surface area contributed by atoms with Gasteiger partial charge in [-0.3, -0.25) is 0 Å². The van der Waals surface area contributed by atoms with Gasteiger partial charge in [0.1, 0.15) is 0 Å². The smallest absolute Gasteiger partial charge is 0.00114 e. The monoisotopic (exact) mass is 159 g/mol. The van der Waals surface area contributed by atoms with Crippen molar-refractivity contribution < 1.29 is 0 Å². The van der Waals surface area contributed by atoms with Gasteiger partial charge >= 0.3 is 0 Å². The molecule has 2 heteroatoms. The van der Waals surface area contributed by atoms with E-state index in [-0.39, 0.29) is 12.4 Å². The number of allylic oxidation sites excluding steroid dienone is 1. The Bertz CT molecular complexity index is 137. The average Bonchev–Trinajstić information content (AvgIpc) is 2.71. The van der Waals surface area contributed by atoms with Crippen molar-refractivity contribution in [2.24, 2.45) is 0 Å². The molecule has 1 nitrogen and oxygen atoms in total. The summed E-state index contributed by atoms with van der Waals surface area (Å²) < 4.78 is 0. The van der Waals surface area contributed by atoms with Gasteiger partial charge in [-0.1, -0.05) is 11.1 Å². The van der Waals surface area contributed by atoms with Crippen LogP contribution in [0, 0.1) is 0 Å². The van der Waals surface area contributed by atoms with Gasteiger partial charge in [0.05, 0.1) is 0 Å². The molecule has 1 N–H and O–H groups in total. The number of halogens is 1. The third-order valence-corrected chi connectivity index (χ3v) is 2.21. The number of piperidine rings is 1. The molecule has 1 heterocycles. The fraction of sp³-hybridized carbons (Fsp3) is 0.750. The lowest BCUT2D eigenvalue weighted by Gasteiger charge is -2.14. The van der Waals surface area contributed by atoms with E-state index in [1.807, 2.05) is 0 Å². The largest absolute Gasteiger partial charge is 0.316 e. The normalized spacial score (nSPS) is 24.0. The molecule has 0 aromatic rings. The van der Waals surface area contributed by atoms with E-state index in [4.69, 9.17) is 0 Å². The highest BCUT2D eigenvalue weighted by molar-refractivity contribution is 5.85. The van der Waals surface area contributed by atoms with Crippen molar-refractivity contribution in [3.63, 3.8) is 0 Å². The molecule has 1 aliphatic heterocycles.